The summed E-state index contributed by atoms with van der Waals surface area (Å²) in [7, 11) is 0. The van der Waals surface area contributed by atoms with E-state index in [-0.39, 0.29) is 5.91 Å². The minimum absolute atomic E-state index is 0.188. The summed E-state index contributed by atoms with van der Waals surface area (Å²) in [6, 6.07) is 16.7. The molecule has 0 aromatic heterocycles. The SMILES string of the molecule is CCOc1ccc(OC(C)C(=O)NNC(=O)C2(c3ccccc3)CCC2)cc1. The number of ether oxygens (including phenoxy) is 2. The summed E-state index contributed by atoms with van der Waals surface area (Å²) >= 11 is 0. The van der Waals surface area contributed by atoms with Crippen LogP contribution in [0.25, 0.3) is 0 Å². The van der Waals surface area contributed by atoms with Gasteiger partial charge < -0.3 is 9.47 Å². The van der Waals surface area contributed by atoms with E-state index in [0.29, 0.717) is 12.4 Å². The number of carbonyl (C=O) groups is 2. The summed E-state index contributed by atoms with van der Waals surface area (Å²) in [6.07, 6.45) is 1.79. The Morgan fingerprint density at radius 3 is 2.21 bits per heavy atom. The van der Waals surface area contributed by atoms with Crippen molar-refractivity contribution in [2.75, 3.05) is 6.61 Å². The Bertz CT molecular complexity index is 801. The number of carbonyl (C=O) groups excluding carboxylic acids is 2. The second-order valence-electron chi connectivity index (χ2n) is 6.91. The molecule has 3 rings (SSSR count). The summed E-state index contributed by atoms with van der Waals surface area (Å²) in [5, 5.41) is 0. The van der Waals surface area contributed by atoms with Crippen LogP contribution in [0.3, 0.4) is 0 Å². The van der Waals surface area contributed by atoms with Crippen molar-refractivity contribution in [3.63, 3.8) is 0 Å². The molecule has 28 heavy (non-hydrogen) atoms. The number of amides is 2. The van der Waals surface area contributed by atoms with E-state index in [1.807, 2.05) is 37.3 Å². The van der Waals surface area contributed by atoms with Gasteiger partial charge in [-0.05, 0) is 56.5 Å². The molecule has 2 aromatic carbocycles. The van der Waals surface area contributed by atoms with Crippen LogP contribution in [-0.4, -0.2) is 24.5 Å². The zero-order valence-corrected chi connectivity index (χ0v) is 16.2. The fourth-order valence-corrected chi connectivity index (χ4v) is 3.31. The van der Waals surface area contributed by atoms with Crippen LogP contribution in [0.15, 0.2) is 54.6 Å². The monoisotopic (exact) mass is 382 g/mol. The summed E-state index contributed by atoms with van der Waals surface area (Å²) in [5.41, 5.74) is 5.48. The van der Waals surface area contributed by atoms with E-state index >= 15 is 0 Å². The van der Waals surface area contributed by atoms with Crippen LogP contribution in [0.2, 0.25) is 0 Å². The van der Waals surface area contributed by atoms with Gasteiger partial charge in [-0.3, -0.25) is 20.4 Å². The summed E-state index contributed by atoms with van der Waals surface area (Å²) in [4.78, 5) is 25.1. The molecule has 1 aliphatic carbocycles. The lowest BCUT2D eigenvalue weighted by molar-refractivity contribution is -0.137. The molecule has 1 atom stereocenters. The molecule has 0 radical (unpaired) electrons. The lowest BCUT2D eigenvalue weighted by Gasteiger charge is -2.40. The zero-order valence-electron chi connectivity index (χ0n) is 16.2. The predicted molar refractivity (Wildman–Crippen MR) is 106 cm³/mol. The van der Waals surface area contributed by atoms with Gasteiger partial charge in [0.2, 0.25) is 5.91 Å². The maximum atomic E-state index is 12.8. The molecular formula is C22H26N2O4. The highest BCUT2D eigenvalue weighted by Crippen LogP contribution is 2.43. The number of benzene rings is 2. The van der Waals surface area contributed by atoms with Gasteiger partial charge in [0.1, 0.15) is 11.5 Å². The van der Waals surface area contributed by atoms with Crippen molar-refractivity contribution in [1.29, 1.82) is 0 Å². The van der Waals surface area contributed by atoms with E-state index in [2.05, 4.69) is 10.9 Å². The van der Waals surface area contributed by atoms with Crippen LogP contribution >= 0.6 is 0 Å². The summed E-state index contributed by atoms with van der Waals surface area (Å²) in [5.74, 6) is 0.694. The highest BCUT2D eigenvalue weighted by molar-refractivity contribution is 5.91. The molecule has 148 valence electrons. The van der Waals surface area contributed by atoms with Gasteiger partial charge in [0.25, 0.3) is 5.91 Å². The van der Waals surface area contributed by atoms with E-state index in [0.717, 1.165) is 30.6 Å². The van der Waals surface area contributed by atoms with Crippen LogP contribution in [0.1, 0.15) is 38.7 Å². The molecule has 6 nitrogen and oxygen atoms in total. The third kappa shape index (κ3) is 4.27. The van der Waals surface area contributed by atoms with Gasteiger partial charge in [-0.2, -0.15) is 0 Å². The highest BCUT2D eigenvalue weighted by atomic mass is 16.5. The molecule has 2 amide bonds. The summed E-state index contributed by atoms with van der Waals surface area (Å²) in [6.45, 7) is 4.13. The predicted octanol–water partition coefficient (Wildman–Crippen LogP) is 3.12. The van der Waals surface area contributed by atoms with Gasteiger partial charge in [-0.25, -0.2) is 0 Å². The normalized spacial score (nSPS) is 15.6. The number of hydrogen-bond donors (Lipinski definition) is 2. The van der Waals surface area contributed by atoms with Crippen molar-refractivity contribution < 1.29 is 19.1 Å². The van der Waals surface area contributed by atoms with Gasteiger partial charge in [-0.15, -0.1) is 0 Å². The van der Waals surface area contributed by atoms with Gasteiger partial charge >= 0.3 is 0 Å². The largest absolute Gasteiger partial charge is 0.494 e. The standard InChI is InChI=1S/C22H26N2O4/c1-3-27-18-10-12-19(13-11-18)28-16(2)20(25)23-24-21(26)22(14-7-15-22)17-8-5-4-6-9-17/h4-6,8-13,16H,3,7,14-15H2,1-2H3,(H,23,25)(H,24,26). The van der Waals surface area contributed by atoms with Crippen molar-refractivity contribution in [2.45, 2.75) is 44.6 Å². The molecule has 0 heterocycles. The smallest absolute Gasteiger partial charge is 0.279 e. The molecule has 2 N–H and O–H groups in total. The minimum atomic E-state index is -0.757. The molecule has 1 aliphatic rings. The Hall–Kier alpha value is -3.02. The van der Waals surface area contributed by atoms with Gasteiger partial charge in [0.05, 0.1) is 12.0 Å². The fourth-order valence-electron chi connectivity index (χ4n) is 3.31. The zero-order chi connectivity index (χ0) is 20.0. The fraction of sp³-hybridized carbons (Fsp3) is 0.364. The van der Waals surface area contributed by atoms with Gasteiger partial charge in [-0.1, -0.05) is 36.8 Å². The summed E-state index contributed by atoms with van der Waals surface area (Å²) < 4.78 is 11.0. The number of rotatable bonds is 7. The third-order valence-electron chi connectivity index (χ3n) is 5.08. The first-order chi connectivity index (χ1) is 13.5. The lowest BCUT2D eigenvalue weighted by Crippen LogP contribution is -2.56. The van der Waals surface area contributed by atoms with Crippen LogP contribution in [0.5, 0.6) is 11.5 Å². The topological polar surface area (TPSA) is 76.7 Å². The maximum Gasteiger partial charge on any atom is 0.279 e. The number of nitrogens with one attached hydrogen (secondary N) is 2. The molecule has 0 aliphatic heterocycles. The maximum absolute atomic E-state index is 12.8. The molecule has 1 saturated carbocycles. The Balaban J connectivity index is 1.53. The second kappa shape index (κ2) is 8.78. The van der Waals surface area contributed by atoms with E-state index in [1.165, 1.54) is 0 Å². The first-order valence-electron chi connectivity index (χ1n) is 9.60. The molecule has 6 heteroatoms. The first-order valence-corrected chi connectivity index (χ1v) is 9.60. The lowest BCUT2D eigenvalue weighted by atomic mass is 9.64. The van der Waals surface area contributed by atoms with E-state index < -0.39 is 17.4 Å². The van der Waals surface area contributed by atoms with Crippen LogP contribution < -0.4 is 20.3 Å². The Morgan fingerprint density at radius 1 is 1.00 bits per heavy atom. The second-order valence-corrected chi connectivity index (χ2v) is 6.91. The Kier molecular flexibility index (Phi) is 6.19. The molecule has 2 aromatic rings. The molecule has 1 fully saturated rings. The van der Waals surface area contributed by atoms with E-state index in [9.17, 15) is 9.59 Å². The average Bonchev–Trinajstić information content (AvgIpc) is 2.68. The Morgan fingerprint density at radius 2 is 1.64 bits per heavy atom. The highest BCUT2D eigenvalue weighted by Gasteiger charge is 2.45. The molecule has 0 bridgehead atoms. The molecule has 0 spiro atoms. The van der Waals surface area contributed by atoms with Crippen molar-refractivity contribution >= 4 is 11.8 Å². The molecular weight excluding hydrogens is 356 g/mol. The molecule has 1 unspecified atom stereocenters. The minimum Gasteiger partial charge on any atom is -0.494 e. The van der Waals surface area contributed by atoms with Crippen LogP contribution in [0.4, 0.5) is 0 Å². The quantitative estimate of drug-likeness (QED) is 0.722. The average molecular weight is 382 g/mol. The van der Waals surface area contributed by atoms with Crippen LogP contribution in [-0.2, 0) is 15.0 Å². The van der Waals surface area contributed by atoms with E-state index in [4.69, 9.17) is 9.47 Å². The van der Waals surface area contributed by atoms with Crippen molar-refractivity contribution in [3.05, 3.63) is 60.2 Å². The van der Waals surface area contributed by atoms with Crippen molar-refractivity contribution in [3.8, 4) is 11.5 Å². The number of hydrogen-bond acceptors (Lipinski definition) is 4. The third-order valence-corrected chi connectivity index (χ3v) is 5.08. The Labute approximate surface area is 165 Å². The number of hydrazine groups is 1. The van der Waals surface area contributed by atoms with Gasteiger partial charge in [0.15, 0.2) is 6.10 Å². The molecule has 0 saturated heterocycles. The van der Waals surface area contributed by atoms with Gasteiger partial charge in [0, 0.05) is 0 Å². The first kappa shape index (κ1) is 19.7. The van der Waals surface area contributed by atoms with Crippen molar-refractivity contribution in [2.24, 2.45) is 0 Å². The van der Waals surface area contributed by atoms with Crippen molar-refractivity contribution in [1.82, 2.24) is 10.9 Å². The van der Waals surface area contributed by atoms with E-state index in [1.54, 1.807) is 31.2 Å². The van der Waals surface area contributed by atoms with Crippen LogP contribution in [0, 0.1) is 0 Å².